The molecule has 27 heavy (non-hydrogen) atoms. The van der Waals surface area contributed by atoms with E-state index in [1.165, 1.54) is 57.2 Å². The fourth-order valence-electron chi connectivity index (χ4n) is 5.20. The Kier molecular flexibility index (Phi) is 8.41. The highest BCUT2D eigenvalue weighted by atomic mass is 35.5. The lowest BCUT2D eigenvalue weighted by Gasteiger charge is -2.27. The van der Waals surface area contributed by atoms with Gasteiger partial charge < -0.3 is 11.1 Å². The first kappa shape index (κ1) is 22.5. The first-order valence-corrected chi connectivity index (χ1v) is 10.1. The number of nitrogens with one attached hydrogen (secondary N) is 1. The molecular formula is C21H33Cl2N3O. The van der Waals surface area contributed by atoms with Crippen molar-refractivity contribution in [3.63, 3.8) is 0 Å². The van der Waals surface area contributed by atoms with Gasteiger partial charge in [-0.25, -0.2) is 0 Å². The molecule has 4 unspecified atom stereocenters. The number of likely N-dealkylation sites (tertiary alicyclic amines) is 1. The molecule has 1 aromatic carbocycles. The third-order valence-corrected chi connectivity index (χ3v) is 6.61. The second-order valence-corrected chi connectivity index (χ2v) is 8.31. The van der Waals surface area contributed by atoms with Crippen LogP contribution in [0.1, 0.15) is 50.5 Å². The molecule has 1 saturated heterocycles. The third-order valence-electron chi connectivity index (χ3n) is 6.61. The van der Waals surface area contributed by atoms with Gasteiger partial charge in [-0.2, -0.15) is 0 Å². The molecule has 1 amide bonds. The van der Waals surface area contributed by atoms with Crippen molar-refractivity contribution in [2.45, 2.75) is 57.5 Å². The summed E-state index contributed by atoms with van der Waals surface area (Å²) >= 11 is 0. The molecule has 3 N–H and O–H groups in total. The van der Waals surface area contributed by atoms with Crippen molar-refractivity contribution in [1.82, 2.24) is 4.90 Å². The molecule has 4 atom stereocenters. The zero-order valence-corrected chi connectivity index (χ0v) is 17.6. The van der Waals surface area contributed by atoms with Crippen molar-refractivity contribution >= 4 is 36.4 Å². The van der Waals surface area contributed by atoms with Crippen LogP contribution >= 0.6 is 24.8 Å². The van der Waals surface area contributed by atoms with Crippen molar-refractivity contribution in [1.29, 1.82) is 0 Å². The second-order valence-electron chi connectivity index (χ2n) is 8.31. The van der Waals surface area contributed by atoms with Crippen LogP contribution in [-0.2, 0) is 11.3 Å². The molecule has 0 aromatic heterocycles. The van der Waals surface area contributed by atoms with Crippen LogP contribution in [-0.4, -0.2) is 29.9 Å². The van der Waals surface area contributed by atoms with Crippen molar-refractivity contribution in [2.24, 2.45) is 23.5 Å². The van der Waals surface area contributed by atoms with E-state index in [1.807, 2.05) is 12.1 Å². The summed E-state index contributed by atoms with van der Waals surface area (Å²) in [6.07, 6.45) is 8.90. The smallest absolute Gasteiger partial charge is 0.229 e. The van der Waals surface area contributed by atoms with Crippen molar-refractivity contribution < 1.29 is 4.79 Å². The van der Waals surface area contributed by atoms with Gasteiger partial charge >= 0.3 is 0 Å². The maximum absolute atomic E-state index is 12.7. The minimum atomic E-state index is 0. The Bertz CT molecular complexity index is 600. The van der Waals surface area contributed by atoms with E-state index in [-0.39, 0.29) is 42.7 Å². The normalized spacial score (nSPS) is 30.1. The number of nitrogens with two attached hydrogens (primary N) is 1. The molecule has 4 nitrogen and oxygen atoms in total. The fourth-order valence-corrected chi connectivity index (χ4v) is 5.20. The molecular weight excluding hydrogens is 381 g/mol. The summed E-state index contributed by atoms with van der Waals surface area (Å²) in [6, 6.07) is 8.46. The number of rotatable bonds is 4. The number of carbonyl (C=O) groups excluding carboxylic acids is 1. The molecule has 2 bridgehead atoms. The van der Waals surface area contributed by atoms with Crippen LogP contribution in [0.2, 0.25) is 0 Å². The van der Waals surface area contributed by atoms with E-state index in [9.17, 15) is 4.79 Å². The van der Waals surface area contributed by atoms with Crippen molar-refractivity contribution in [3.05, 3.63) is 29.8 Å². The van der Waals surface area contributed by atoms with Gasteiger partial charge in [0.05, 0.1) is 5.92 Å². The summed E-state index contributed by atoms with van der Waals surface area (Å²) in [5.41, 5.74) is 8.53. The van der Waals surface area contributed by atoms with Crippen LogP contribution < -0.4 is 11.1 Å². The van der Waals surface area contributed by atoms with Gasteiger partial charge in [0, 0.05) is 18.3 Å². The molecule has 1 heterocycles. The molecule has 3 aliphatic rings. The van der Waals surface area contributed by atoms with Gasteiger partial charge in [0.1, 0.15) is 0 Å². The summed E-state index contributed by atoms with van der Waals surface area (Å²) in [6.45, 7) is 3.44. The van der Waals surface area contributed by atoms with Crippen molar-refractivity contribution in [2.75, 3.05) is 18.4 Å². The quantitative estimate of drug-likeness (QED) is 0.776. The van der Waals surface area contributed by atoms with E-state index >= 15 is 0 Å². The molecule has 0 radical (unpaired) electrons. The van der Waals surface area contributed by atoms with Crippen LogP contribution in [0.4, 0.5) is 5.69 Å². The Balaban J connectivity index is 0.00000131. The summed E-state index contributed by atoms with van der Waals surface area (Å²) in [7, 11) is 0. The number of hydrogen-bond donors (Lipinski definition) is 2. The Morgan fingerprint density at radius 1 is 1.00 bits per heavy atom. The number of carbonyl (C=O) groups is 1. The predicted molar refractivity (Wildman–Crippen MR) is 116 cm³/mol. The lowest BCUT2D eigenvalue weighted by Crippen LogP contribution is -2.42. The summed E-state index contributed by atoms with van der Waals surface area (Å²) in [4.78, 5) is 15.2. The third kappa shape index (κ3) is 5.17. The molecule has 6 heteroatoms. The molecule has 2 aliphatic carbocycles. The SMILES string of the molecule is Cl.Cl.NC1C2CCC(C2)C1C(=O)Nc1ccc(CN2CCCCCC2)cc1. The fraction of sp³-hybridized carbons (Fsp3) is 0.667. The average Bonchev–Trinajstić information content (AvgIpc) is 3.10. The zero-order valence-electron chi connectivity index (χ0n) is 15.9. The largest absolute Gasteiger partial charge is 0.327 e. The van der Waals surface area contributed by atoms with Gasteiger partial charge in [0.15, 0.2) is 0 Å². The lowest BCUT2D eigenvalue weighted by atomic mass is 9.84. The molecule has 1 aliphatic heterocycles. The number of anilines is 1. The number of hydrogen-bond acceptors (Lipinski definition) is 3. The van der Waals surface area contributed by atoms with E-state index < -0.39 is 0 Å². The number of nitrogens with zero attached hydrogens (tertiary/aromatic N) is 1. The molecule has 4 rings (SSSR count). The number of fused-ring (bicyclic) bond motifs is 2. The van der Waals surface area contributed by atoms with Crippen LogP contribution in [0.25, 0.3) is 0 Å². The Morgan fingerprint density at radius 3 is 2.22 bits per heavy atom. The first-order valence-electron chi connectivity index (χ1n) is 10.1. The van der Waals surface area contributed by atoms with E-state index in [0.717, 1.165) is 18.7 Å². The molecule has 1 aromatic rings. The minimum Gasteiger partial charge on any atom is -0.327 e. The van der Waals surface area contributed by atoms with Gasteiger partial charge in [-0.15, -0.1) is 24.8 Å². The van der Waals surface area contributed by atoms with Gasteiger partial charge in [-0.05, 0) is 74.7 Å². The van der Waals surface area contributed by atoms with Crippen LogP contribution in [0, 0.1) is 17.8 Å². The van der Waals surface area contributed by atoms with Crippen LogP contribution in [0.5, 0.6) is 0 Å². The zero-order chi connectivity index (χ0) is 17.2. The highest BCUT2D eigenvalue weighted by Crippen LogP contribution is 2.47. The summed E-state index contributed by atoms with van der Waals surface area (Å²) in [5, 5.41) is 3.11. The van der Waals surface area contributed by atoms with E-state index in [0.29, 0.717) is 11.8 Å². The first-order chi connectivity index (χ1) is 12.2. The highest BCUT2D eigenvalue weighted by molar-refractivity contribution is 5.93. The Morgan fingerprint density at radius 2 is 1.63 bits per heavy atom. The van der Waals surface area contributed by atoms with Gasteiger partial charge in [-0.3, -0.25) is 9.69 Å². The second kappa shape index (κ2) is 10.1. The minimum absolute atomic E-state index is 0. The van der Waals surface area contributed by atoms with Gasteiger partial charge in [-0.1, -0.05) is 25.0 Å². The maximum atomic E-state index is 12.7. The summed E-state index contributed by atoms with van der Waals surface area (Å²) < 4.78 is 0. The molecule has 0 spiro atoms. The number of benzene rings is 1. The number of halogens is 2. The summed E-state index contributed by atoms with van der Waals surface area (Å²) in [5.74, 6) is 1.20. The predicted octanol–water partition coefficient (Wildman–Crippen LogP) is 4.22. The van der Waals surface area contributed by atoms with Gasteiger partial charge in [0.25, 0.3) is 0 Å². The standard InChI is InChI=1S/C21H31N3O.2ClH/c22-20-17-8-7-16(13-17)19(20)21(25)23-18-9-5-15(6-10-18)14-24-11-3-1-2-4-12-24;;/h5-6,9-10,16-17,19-20H,1-4,7-8,11-14,22H2,(H,23,25);2*1H. The van der Waals surface area contributed by atoms with E-state index in [2.05, 4.69) is 22.3 Å². The van der Waals surface area contributed by atoms with Crippen molar-refractivity contribution in [3.8, 4) is 0 Å². The Hall–Kier alpha value is -0.810. The topological polar surface area (TPSA) is 58.4 Å². The van der Waals surface area contributed by atoms with Crippen LogP contribution in [0.15, 0.2) is 24.3 Å². The van der Waals surface area contributed by atoms with Gasteiger partial charge in [0.2, 0.25) is 5.91 Å². The lowest BCUT2D eigenvalue weighted by molar-refractivity contribution is -0.121. The van der Waals surface area contributed by atoms with Crippen LogP contribution in [0.3, 0.4) is 0 Å². The maximum Gasteiger partial charge on any atom is 0.229 e. The number of amides is 1. The molecule has 152 valence electrons. The highest BCUT2D eigenvalue weighted by Gasteiger charge is 2.49. The monoisotopic (exact) mass is 413 g/mol. The molecule has 3 fully saturated rings. The Labute approximate surface area is 175 Å². The molecule has 2 saturated carbocycles. The van der Waals surface area contributed by atoms with E-state index in [4.69, 9.17) is 5.73 Å². The average molecular weight is 414 g/mol. The van der Waals surface area contributed by atoms with E-state index in [1.54, 1.807) is 0 Å².